The lowest BCUT2D eigenvalue weighted by Crippen LogP contribution is -2.57. The number of rotatable bonds is 3. The Labute approximate surface area is 203 Å². The first-order valence-corrected chi connectivity index (χ1v) is 12.7. The molecule has 1 aromatic rings. The normalized spacial score (nSPS) is 37.0. The van der Waals surface area contributed by atoms with E-state index in [9.17, 15) is 14.7 Å². The Balaban J connectivity index is 1.64. The van der Waals surface area contributed by atoms with Crippen molar-refractivity contribution in [2.75, 3.05) is 0 Å². The Hall–Kier alpha value is -2.20. The maximum atomic E-state index is 13.4. The molecule has 5 atom stereocenters. The summed E-state index contributed by atoms with van der Waals surface area (Å²) in [5.41, 5.74) is 2.98. The molecule has 0 aromatic carbocycles. The van der Waals surface area contributed by atoms with Crippen LogP contribution in [0.3, 0.4) is 0 Å². The Kier molecular flexibility index (Phi) is 6.21. The Morgan fingerprint density at radius 3 is 2.44 bits per heavy atom. The molecule has 4 nitrogen and oxygen atoms in total. The molecule has 3 aliphatic carbocycles. The molecule has 3 saturated carbocycles. The van der Waals surface area contributed by atoms with Crippen LogP contribution < -0.4 is 5.63 Å². The SMILES string of the molecule is CC(=CC=CC(C)=C1C(=O)C[C@H]2[C@@]3(C)CC[C@H](O)C(C)(C)[C@@H]3CC[C@]12C)c1ccc(C)c(=O)o1. The average molecular weight is 465 g/mol. The quantitative estimate of drug-likeness (QED) is 0.414. The van der Waals surface area contributed by atoms with Gasteiger partial charge in [-0.2, -0.15) is 0 Å². The van der Waals surface area contributed by atoms with Gasteiger partial charge in [0.2, 0.25) is 0 Å². The second-order valence-corrected chi connectivity index (χ2v) is 12.1. The summed E-state index contributed by atoms with van der Waals surface area (Å²) in [6, 6.07) is 3.59. The number of aliphatic hydroxyl groups excluding tert-OH is 1. The molecule has 34 heavy (non-hydrogen) atoms. The second kappa shape index (κ2) is 8.48. The molecule has 3 fully saturated rings. The van der Waals surface area contributed by atoms with Crippen LogP contribution in [0.2, 0.25) is 0 Å². The van der Waals surface area contributed by atoms with Crippen LogP contribution in [0.25, 0.3) is 5.57 Å². The fourth-order valence-electron chi connectivity index (χ4n) is 7.77. The molecule has 0 saturated heterocycles. The second-order valence-electron chi connectivity index (χ2n) is 12.1. The molecule has 0 unspecified atom stereocenters. The van der Waals surface area contributed by atoms with Crippen LogP contribution in [0, 0.1) is 35.0 Å². The minimum atomic E-state index is -0.314. The number of ketones is 1. The van der Waals surface area contributed by atoms with Gasteiger partial charge in [-0.05, 0) is 92.4 Å². The summed E-state index contributed by atoms with van der Waals surface area (Å²) in [7, 11) is 0. The maximum Gasteiger partial charge on any atom is 0.339 e. The number of hydrogen-bond donors (Lipinski definition) is 1. The highest BCUT2D eigenvalue weighted by Gasteiger charge is 2.64. The molecule has 4 heteroatoms. The molecule has 184 valence electrons. The van der Waals surface area contributed by atoms with Gasteiger partial charge in [-0.15, -0.1) is 0 Å². The first kappa shape index (κ1) is 24.9. The third-order valence-corrected chi connectivity index (χ3v) is 9.75. The largest absolute Gasteiger partial charge is 0.423 e. The van der Waals surface area contributed by atoms with Gasteiger partial charge in [0.1, 0.15) is 5.76 Å². The van der Waals surface area contributed by atoms with Gasteiger partial charge in [0.15, 0.2) is 5.78 Å². The lowest BCUT2D eigenvalue weighted by molar-refractivity contribution is -0.157. The van der Waals surface area contributed by atoms with E-state index in [4.69, 9.17) is 4.42 Å². The predicted octanol–water partition coefficient (Wildman–Crippen LogP) is 6.42. The van der Waals surface area contributed by atoms with E-state index < -0.39 is 0 Å². The van der Waals surface area contributed by atoms with Gasteiger partial charge in [0, 0.05) is 23.0 Å². The van der Waals surface area contributed by atoms with E-state index in [0.717, 1.165) is 42.4 Å². The van der Waals surface area contributed by atoms with Gasteiger partial charge in [-0.1, -0.05) is 45.9 Å². The molecule has 0 radical (unpaired) electrons. The molecule has 3 aliphatic rings. The Morgan fingerprint density at radius 1 is 1.06 bits per heavy atom. The number of carbonyl (C=O) groups is 1. The number of Topliss-reactive ketones (excluding diaryl/α,β-unsaturated/α-hetero) is 1. The van der Waals surface area contributed by atoms with Crippen LogP contribution in [-0.2, 0) is 4.79 Å². The molecule has 1 heterocycles. The zero-order valence-corrected chi connectivity index (χ0v) is 21.8. The number of allylic oxidation sites excluding steroid dienone is 6. The minimum absolute atomic E-state index is 0.0661. The summed E-state index contributed by atoms with van der Waals surface area (Å²) in [4.78, 5) is 25.2. The average Bonchev–Trinajstić information content (AvgIpc) is 3.04. The zero-order valence-electron chi connectivity index (χ0n) is 21.8. The van der Waals surface area contributed by atoms with Crippen LogP contribution in [0.5, 0.6) is 0 Å². The molecule has 0 bridgehead atoms. The fraction of sp³-hybridized carbons (Fsp3) is 0.600. The minimum Gasteiger partial charge on any atom is -0.423 e. The summed E-state index contributed by atoms with van der Waals surface area (Å²) in [6.07, 6.45) is 10.1. The molecule has 1 aromatic heterocycles. The molecule has 1 N–H and O–H groups in total. The number of hydrogen-bond acceptors (Lipinski definition) is 4. The highest BCUT2D eigenvalue weighted by Crippen LogP contribution is 2.69. The van der Waals surface area contributed by atoms with E-state index >= 15 is 0 Å². The van der Waals surface area contributed by atoms with Gasteiger partial charge in [-0.25, -0.2) is 4.79 Å². The molecular formula is C30H40O4. The summed E-state index contributed by atoms with van der Waals surface area (Å²) in [5.74, 6) is 1.59. The third kappa shape index (κ3) is 3.79. The van der Waals surface area contributed by atoms with Crippen LogP contribution in [0.15, 0.2) is 50.7 Å². The molecule has 0 spiro atoms. The van der Waals surface area contributed by atoms with Crippen LogP contribution in [0.1, 0.15) is 85.0 Å². The van der Waals surface area contributed by atoms with Crippen LogP contribution in [0.4, 0.5) is 0 Å². The van der Waals surface area contributed by atoms with Gasteiger partial charge in [-0.3, -0.25) is 4.79 Å². The predicted molar refractivity (Wildman–Crippen MR) is 136 cm³/mol. The first-order chi connectivity index (χ1) is 15.8. The standard InChI is InChI=1S/C30H40O4/c1-18(22-12-11-20(3)27(33)34-22)9-8-10-19(2)26-21(31)17-24-29(6)16-14-25(32)28(4,5)23(29)13-15-30(24,26)7/h8-12,23-25,32H,13-17H2,1-7H3/t23-,24-,25-,29-,30-/m0/s1. The zero-order chi connectivity index (χ0) is 25.1. The molecular weight excluding hydrogens is 424 g/mol. The van der Waals surface area contributed by atoms with E-state index in [0.29, 0.717) is 29.6 Å². The van der Waals surface area contributed by atoms with Crippen molar-refractivity contribution in [2.24, 2.45) is 28.1 Å². The van der Waals surface area contributed by atoms with Crippen LogP contribution in [-0.4, -0.2) is 17.0 Å². The maximum absolute atomic E-state index is 13.4. The van der Waals surface area contributed by atoms with Crippen molar-refractivity contribution in [3.05, 3.63) is 63.3 Å². The Morgan fingerprint density at radius 2 is 1.76 bits per heavy atom. The monoisotopic (exact) mass is 464 g/mol. The molecule has 0 amide bonds. The van der Waals surface area contributed by atoms with Gasteiger partial charge < -0.3 is 9.52 Å². The lowest BCUT2D eigenvalue weighted by Gasteiger charge is -2.62. The molecule has 4 rings (SSSR count). The lowest BCUT2D eigenvalue weighted by atomic mass is 9.43. The van der Waals surface area contributed by atoms with E-state index in [1.807, 2.05) is 31.2 Å². The van der Waals surface area contributed by atoms with Crippen LogP contribution >= 0.6 is 0 Å². The summed E-state index contributed by atoms with van der Waals surface area (Å²) in [6.45, 7) is 14.8. The molecule has 0 aliphatic heterocycles. The van der Waals surface area contributed by atoms with Gasteiger partial charge >= 0.3 is 5.63 Å². The van der Waals surface area contributed by atoms with E-state index in [1.54, 1.807) is 13.0 Å². The van der Waals surface area contributed by atoms with Crippen molar-refractivity contribution in [2.45, 2.75) is 86.7 Å². The smallest absolute Gasteiger partial charge is 0.339 e. The topological polar surface area (TPSA) is 67.5 Å². The highest BCUT2D eigenvalue weighted by atomic mass is 16.4. The third-order valence-electron chi connectivity index (χ3n) is 9.75. The Bertz CT molecular complexity index is 1150. The van der Waals surface area contributed by atoms with Gasteiger partial charge in [0.25, 0.3) is 0 Å². The summed E-state index contributed by atoms with van der Waals surface area (Å²) >= 11 is 0. The first-order valence-electron chi connectivity index (χ1n) is 12.7. The summed E-state index contributed by atoms with van der Waals surface area (Å²) in [5, 5.41) is 10.7. The van der Waals surface area contributed by atoms with Crippen molar-refractivity contribution < 1.29 is 14.3 Å². The van der Waals surface area contributed by atoms with E-state index in [-0.39, 0.29) is 33.8 Å². The number of carbonyl (C=O) groups excluding carboxylic acids is 1. The fourth-order valence-corrected chi connectivity index (χ4v) is 7.77. The van der Waals surface area contributed by atoms with Crippen molar-refractivity contribution in [1.82, 2.24) is 0 Å². The summed E-state index contributed by atoms with van der Waals surface area (Å²) < 4.78 is 5.37. The highest BCUT2D eigenvalue weighted by molar-refractivity contribution is 6.00. The van der Waals surface area contributed by atoms with Crippen molar-refractivity contribution in [3.8, 4) is 0 Å². The van der Waals surface area contributed by atoms with E-state index in [2.05, 4.69) is 34.6 Å². The van der Waals surface area contributed by atoms with Crippen molar-refractivity contribution in [1.29, 1.82) is 0 Å². The number of aliphatic hydroxyl groups is 1. The number of fused-ring (bicyclic) bond motifs is 3. The van der Waals surface area contributed by atoms with Gasteiger partial charge in [0.05, 0.1) is 6.10 Å². The number of aryl methyl sites for hydroxylation is 1. The van der Waals surface area contributed by atoms with E-state index in [1.165, 1.54) is 0 Å². The van der Waals surface area contributed by atoms with Crippen molar-refractivity contribution in [3.63, 3.8) is 0 Å². The van der Waals surface area contributed by atoms with Crippen molar-refractivity contribution >= 4 is 11.4 Å².